The van der Waals surface area contributed by atoms with Crippen LogP contribution in [0, 0.1) is 13.8 Å². The van der Waals surface area contributed by atoms with Crippen molar-refractivity contribution in [2.45, 2.75) is 32.8 Å². The lowest BCUT2D eigenvalue weighted by molar-refractivity contribution is 0.155. The quantitative estimate of drug-likeness (QED) is 0.792. The van der Waals surface area contributed by atoms with E-state index in [9.17, 15) is 0 Å². The fraction of sp³-hybridized carbons (Fsp3) is 0.636. The number of aromatic nitrogens is 2. The van der Waals surface area contributed by atoms with Crippen molar-refractivity contribution in [3.8, 4) is 5.88 Å². The summed E-state index contributed by atoms with van der Waals surface area (Å²) in [5.74, 6) is 1.49. The Morgan fingerprint density at radius 1 is 1.27 bits per heavy atom. The molecule has 0 spiro atoms. The van der Waals surface area contributed by atoms with Crippen LogP contribution >= 0.6 is 0 Å². The minimum absolute atomic E-state index is 0.306. The van der Waals surface area contributed by atoms with Crippen molar-refractivity contribution in [3.05, 3.63) is 17.6 Å². The third kappa shape index (κ3) is 2.89. The highest BCUT2D eigenvalue weighted by Gasteiger charge is 2.15. The van der Waals surface area contributed by atoms with Gasteiger partial charge in [0.05, 0.1) is 0 Å². The predicted molar refractivity (Wildman–Crippen MR) is 58.0 cm³/mol. The molecule has 1 aliphatic rings. The number of nitrogens with zero attached hydrogens (tertiary/aromatic N) is 2. The van der Waals surface area contributed by atoms with Crippen molar-refractivity contribution in [2.24, 2.45) is 0 Å². The maximum atomic E-state index is 5.83. The fourth-order valence-corrected chi connectivity index (χ4v) is 1.83. The van der Waals surface area contributed by atoms with Crippen molar-refractivity contribution >= 4 is 0 Å². The van der Waals surface area contributed by atoms with E-state index in [0.717, 1.165) is 37.4 Å². The van der Waals surface area contributed by atoms with Crippen LogP contribution in [0.3, 0.4) is 0 Å². The Kier molecular flexibility index (Phi) is 3.16. The molecule has 4 heteroatoms. The molecule has 0 atom stereocenters. The molecule has 4 nitrogen and oxygen atoms in total. The molecule has 1 N–H and O–H groups in total. The zero-order valence-corrected chi connectivity index (χ0v) is 9.29. The zero-order valence-electron chi connectivity index (χ0n) is 9.29. The van der Waals surface area contributed by atoms with Gasteiger partial charge in [0, 0.05) is 11.8 Å². The summed E-state index contributed by atoms with van der Waals surface area (Å²) in [5, 5.41) is 3.31. The van der Waals surface area contributed by atoms with Crippen LogP contribution in [0.15, 0.2) is 6.07 Å². The van der Waals surface area contributed by atoms with Gasteiger partial charge in [-0.15, -0.1) is 0 Å². The van der Waals surface area contributed by atoms with Crippen LogP contribution in [0.1, 0.15) is 24.4 Å². The molecule has 1 fully saturated rings. The van der Waals surface area contributed by atoms with Gasteiger partial charge in [0.25, 0.3) is 0 Å². The SMILES string of the molecule is Cc1cc(OC2CCNCC2)nc(C)n1. The number of nitrogens with one attached hydrogen (secondary N) is 1. The monoisotopic (exact) mass is 207 g/mol. The molecule has 0 saturated carbocycles. The molecule has 0 amide bonds. The van der Waals surface area contributed by atoms with Crippen LogP contribution in [0.25, 0.3) is 0 Å². The van der Waals surface area contributed by atoms with Crippen molar-refractivity contribution in [2.75, 3.05) is 13.1 Å². The van der Waals surface area contributed by atoms with Crippen LogP contribution in [-0.2, 0) is 0 Å². The van der Waals surface area contributed by atoms with Crippen molar-refractivity contribution in [1.82, 2.24) is 15.3 Å². The summed E-state index contributed by atoms with van der Waals surface area (Å²) in [6.07, 6.45) is 2.42. The predicted octanol–water partition coefficient (Wildman–Crippen LogP) is 1.22. The molecular formula is C11H17N3O. The Labute approximate surface area is 90.1 Å². The lowest BCUT2D eigenvalue weighted by Crippen LogP contribution is -2.34. The smallest absolute Gasteiger partial charge is 0.217 e. The minimum atomic E-state index is 0.306. The summed E-state index contributed by atoms with van der Waals surface area (Å²) in [5.41, 5.74) is 0.964. The van der Waals surface area contributed by atoms with Gasteiger partial charge in [-0.25, -0.2) is 4.98 Å². The van der Waals surface area contributed by atoms with Gasteiger partial charge in [0.15, 0.2) is 0 Å². The summed E-state index contributed by atoms with van der Waals surface area (Å²) in [4.78, 5) is 8.50. The van der Waals surface area contributed by atoms with Crippen LogP contribution in [0.5, 0.6) is 5.88 Å². The third-order valence-electron chi connectivity index (χ3n) is 2.52. The summed E-state index contributed by atoms with van der Waals surface area (Å²) in [6.45, 7) is 5.92. The van der Waals surface area contributed by atoms with Gasteiger partial charge in [-0.2, -0.15) is 4.98 Å². The molecule has 2 rings (SSSR count). The highest BCUT2D eigenvalue weighted by Crippen LogP contribution is 2.14. The molecule has 0 radical (unpaired) electrons. The molecule has 1 saturated heterocycles. The molecule has 0 aliphatic carbocycles. The van der Waals surface area contributed by atoms with E-state index in [-0.39, 0.29) is 0 Å². The first kappa shape index (κ1) is 10.4. The summed E-state index contributed by atoms with van der Waals surface area (Å²) in [6, 6.07) is 1.90. The third-order valence-corrected chi connectivity index (χ3v) is 2.52. The number of hydrogen-bond acceptors (Lipinski definition) is 4. The molecule has 82 valence electrons. The molecule has 0 unspecified atom stereocenters. The normalized spacial score (nSPS) is 17.7. The lowest BCUT2D eigenvalue weighted by atomic mass is 10.1. The van der Waals surface area contributed by atoms with Gasteiger partial charge in [-0.05, 0) is 39.8 Å². The van der Waals surface area contributed by atoms with Gasteiger partial charge in [0.2, 0.25) is 5.88 Å². The van der Waals surface area contributed by atoms with Crippen LogP contribution < -0.4 is 10.1 Å². The second-order valence-corrected chi connectivity index (χ2v) is 3.96. The highest BCUT2D eigenvalue weighted by molar-refractivity contribution is 5.15. The molecule has 1 aromatic rings. The summed E-state index contributed by atoms with van der Waals surface area (Å²) >= 11 is 0. The van der Waals surface area contributed by atoms with Gasteiger partial charge >= 0.3 is 0 Å². The summed E-state index contributed by atoms with van der Waals surface area (Å²) in [7, 11) is 0. The minimum Gasteiger partial charge on any atom is -0.474 e. The first-order valence-electron chi connectivity index (χ1n) is 5.44. The molecule has 1 aliphatic heterocycles. The van der Waals surface area contributed by atoms with E-state index < -0.39 is 0 Å². The van der Waals surface area contributed by atoms with E-state index in [4.69, 9.17) is 4.74 Å². The molecule has 0 aromatic carbocycles. The van der Waals surface area contributed by atoms with Gasteiger partial charge in [-0.3, -0.25) is 0 Å². The molecular weight excluding hydrogens is 190 g/mol. The van der Waals surface area contributed by atoms with E-state index in [0.29, 0.717) is 12.0 Å². The molecule has 2 heterocycles. The number of rotatable bonds is 2. The van der Waals surface area contributed by atoms with E-state index in [1.54, 1.807) is 0 Å². The number of aryl methyl sites for hydroxylation is 2. The number of hydrogen-bond donors (Lipinski definition) is 1. The van der Waals surface area contributed by atoms with E-state index in [1.165, 1.54) is 0 Å². The zero-order chi connectivity index (χ0) is 10.7. The fourth-order valence-electron chi connectivity index (χ4n) is 1.83. The topological polar surface area (TPSA) is 47.0 Å². The van der Waals surface area contributed by atoms with Crippen molar-refractivity contribution in [3.63, 3.8) is 0 Å². The molecule has 15 heavy (non-hydrogen) atoms. The Morgan fingerprint density at radius 2 is 2.00 bits per heavy atom. The van der Waals surface area contributed by atoms with Crippen LogP contribution in [0.2, 0.25) is 0 Å². The average Bonchev–Trinajstić information content (AvgIpc) is 2.17. The first-order chi connectivity index (χ1) is 7.24. The largest absolute Gasteiger partial charge is 0.474 e. The number of piperidine rings is 1. The van der Waals surface area contributed by atoms with E-state index in [1.807, 2.05) is 19.9 Å². The maximum absolute atomic E-state index is 5.83. The Balaban J connectivity index is 2.02. The molecule has 1 aromatic heterocycles. The second kappa shape index (κ2) is 4.57. The maximum Gasteiger partial charge on any atom is 0.217 e. The summed E-state index contributed by atoms with van der Waals surface area (Å²) < 4.78 is 5.83. The van der Waals surface area contributed by atoms with Gasteiger partial charge in [-0.1, -0.05) is 0 Å². The Hall–Kier alpha value is -1.16. The Bertz CT molecular complexity index is 314. The number of ether oxygens (including phenoxy) is 1. The lowest BCUT2D eigenvalue weighted by Gasteiger charge is -2.23. The van der Waals surface area contributed by atoms with E-state index in [2.05, 4.69) is 15.3 Å². The van der Waals surface area contributed by atoms with E-state index >= 15 is 0 Å². The average molecular weight is 207 g/mol. The van der Waals surface area contributed by atoms with Gasteiger partial charge < -0.3 is 10.1 Å². The molecule has 0 bridgehead atoms. The highest BCUT2D eigenvalue weighted by atomic mass is 16.5. The standard InChI is InChI=1S/C11H17N3O/c1-8-7-11(14-9(2)13-8)15-10-3-5-12-6-4-10/h7,10,12H,3-6H2,1-2H3. The Morgan fingerprint density at radius 3 is 2.67 bits per heavy atom. The van der Waals surface area contributed by atoms with Crippen LogP contribution in [-0.4, -0.2) is 29.2 Å². The first-order valence-corrected chi connectivity index (χ1v) is 5.44. The van der Waals surface area contributed by atoms with Gasteiger partial charge in [0.1, 0.15) is 11.9 Å². The van der Waals surface area contributed by atoms with Crippen molar-refractivity contribution in [1.29, 1.82) is 0 Å². The van der Waals surface area contributed by atoms with Crippen molar-refractivity contribution < 1.29 is 4.74 Å². The van der Waals surface area contributed by atoms with Crippen LogP contribution in [0.4, 0.5) is 0 Å². The second-order valence-electron chi connectivity index (χ2n) is 3.96.